The first-order chi connectivity index (χ1) is 11.6. The molecular formula is C24H28. The van der Waals surface area contributed by atoms with Crippen LogP contribution in [0.25, 0.3) is 5.57 Å². The van der Waals surface area contributed by atoms with Crippen LogP contribution in [0.5, 0.6) is 0 Å². The van der Waals surface area contributed by atoms with Crippen LogP contribution in [0.3, 0.4) is 0 Å². The van der Waals surface area contributed by atoms with Gasteiger partial charge in [0, 0.05) is 5.92 Å². The minimum Gasteiger partial charge on any atom is -0.0760 e. The molecule has 2 aromatic rings. The van der Waals surface area contributed by atoms with Crippen molar-refractivity contribution in [3.8, 4) is 0 Å². The van der Waals surface area contributed by atoms with E-state index in [9.17, 15) is 0 Å². The molecule has 0 aliphatic heterocycles. The highest BCUT2D eigenvalue weighted by atomic mass is 14.4. The second-order valence-electron chi connectivity index (χ2n) is 7.78. The number of rotatable bonds is 0. The largest absolute Gasteiger partial charge is 0.0760 e. The minimum atomic E-state index is 0.574. The molecule has 2 bridgehead atoms. The highest BCUT2D eigenvalue weighted by molar-refractivity contribution is 5.90. The first-order valence-corrected chi connectivity index (χ1v) is 9.50. The van der Waals surface area contributed by atoms with E-state index in [0.717, 1.165) is 0 Å². The van der Waals surface area contributed by atoms with E-state index in [0.29, 0.717) is 5.92 Å². The predicted octanol–water partition coefficient (Wildman–Crippen LogP) is 6.76. The Morgan fingerprint density at radius 2 is 1.21 bits per heavy atom. The predicted molar refractivity (Wildman–Crippen MR) is 104 cm³/mol. The lowest BCUT2D eigenvalue weighted by Crippen LogP contribution is -2.19. The van der Waals surface area contributed by atoms with E-state index in [2.05, 4.69) is 58.0 Å². The van der Waals surface area contributed by atoms with E-state index in [4.69, 9.17) is 0 Å². The fourth-order valence-electron chi connectivity index (χ4n) is 4.96. The molecule has 0 unspecified atom stereocenters. The van der Waals surface area contributed by atoms with Crippen molar-refractivity contribution in [2.75, 3.05) is 0 Å². The zero-order chi connectivity index (χ0) is 16.8. The van der Waals surface area contributed by atoms with Crippen LogP contribution in [0.4, 0.5) is 0 Å². The second kappa shape index (κ2) is 5.92. The molecule has 0 nitrogen and oxygen atoms in total. The molecular weight excluding hydrogens is 288 g/mol. The van der Waals surface area contributed by atoms with Gasteiger partial charge in [-0.25, -0.2) is 0 Å². The third-order valence-electron chi connectivity index (χ3n) is 6.12. The average Bonchev–Trinajstić information content (AvgIpc) is 2.58. The van der Waals surface area contributed by atoms with Crippen LogP contribution in [0.1, 0.15) is 82.5 Å². The molecule has 0 atom stereocenters. The highest BCUT2D eigenvalue weighted by Gasteiger charge is 2.33. The molecule has 0 aromatic heterocycles. The van der Waals surface area contributed by atoms with Crippen molar-refractivity contribution >= 4 is 5.57 Å². The lowest BCUT2D eigenvalue weighted by Gasteiger charge is -2.36. The van der Waals surface area contributed by atoms with Crippen molar-refractivity contribution in [1.82, 2.24) is 0 Å². The smallest absolute Gasteiger partial charge is 0.0107 e. The van der Waals surface area contributed by atoms with Crippen molar-refractivity contribution in [1.29, 1.82) is 0 Å². The summed E-state index contributed by atoms with van der Waals surface area (Å²) in [5, 5.41) is 0. The van der Waals surface area contributed by atoms with Crippen LogP contribution in [-0.4, -0.2) is 0 Å². The van der Waals surface area contributed by atoms with Crippen LogP contribution in [0, 0.1) is 27.7 Å². The van der Waals surface area contributed by atoms with Gasteiger partial charge in [0.25, 0.3) is 0 Å². The Labute approximate surface area is 146 Å². The zero-order valence-corrected chi connectivity index (χ0v) is 15.5. The summed E-state index contributed by atoms with van der Waals surface area (Å²) < 4.78 is 0. The molecule has 0 heteroatoms. The van der Waals surface area contributed by atoms with Gasteiger partial charge in [-0.2, -0.15) is 0 Å². The summed E-state index contributed by atoms with van der Waals surface area (Å²) in [5.41, 5.74) is 13.7. The third-order valence-corrected chi connectivity index (χ3v) is 6.12. The molecule has 0 heterocycles. The first kappa shape index (κ1) is 15.7. The number of hydrogen-bond donors (Lipinski definition) is 0. The molecule has 2 aliphatic rings. The van der Waals surface area contributed by atoms with E-state index in [1.807, 2.05) is 0 Å². The van der Waals surface area contributed by atoms with Crippen molar-refractivity contribution in [2.45, 2.75) is 65.7 Å². The maximum atomic E-state index is 2.54. The number of fused-ring (bicyclic) bond motifs is 3. The van der Waals surface area contributed by atoms with Crippen LogP contribution < -0.4 is 0 Å². The van der Waals surface area contributed by atoms with Gasteiger partial charge in [-0.1, -0.05) is 43.2 Å². The second-order valence-corrected chi connectivity index (χ2v) is 7.78. The molecule has 0 fully saturated rings. The number of aryl methyl sites for hydroxylation is 4. The maximum absolute atomic E-state index is 2.54. The Hall–Kier alpha value is -1.82. The molecule has 0 spiro atoms. The fourth-order valence-corrected chi connectivity index (χ4v) is 4.96. The van der Waals surface area contributed by atoms with Gasteiger partial charge in [-0.3, -0.25) is 0 Å². The average molecular weight is 316 g/mol. The molecule has 0 N–H and O–H groups in total. The molecule has 2 aromatic carbocycles. The summed E-state index contributed by atoms with van der Waals surface area (Å²) in [4.78, 5) is 0. The Morgan fingerprint density at radius 1 is 0.667 bits per heavy atom. The Bertz CT molecular complexity index is 774. The molecule has 124 valence electrons. The van der Waals surface area contributed by atoms with Gasteiger partial charge in [0.15, 0.2) is 0 Å². The van der Waals surface area contributed by atoms with Crippen LogP contribution in [0.2, 0.25) is 0 Å². The Balaban J connectivity index is 2.14. The minimum absolute atomic E-state index is 0.574. The normalized spacial score (nSPS) is 19.5. The Kier molecular flexibility index (Phi) is 3.87. The maximum Gasteiger partial charge on any atom is 0.0107 e. The standard InChI is InChI=1S/C24H28/c1-15-11-12-16(2)22-20-10-8-6-5-7-9-19(21(15)22)23-17(3)13-14-18(4)24(20)23/h9,11-14,20H,5-8,10H2,1-4H3. The van der Waals surface area contributed by atoms with Gasteiger partial charge < -0.3 is 0 Å². The van der Waals surface area contributed by atoms with Crippen molar-refractivity contribution in [2.24, 2.45) is 0 Å². The zero-order valence-electron chi connectivity index (χ0n) is 15.5. The SMILES string of the molecule is Cc1ccc(C)c2c1C1=CCCCCCC2c2c(C)ccc(C)c21. The van der Waals surface area contributed by atoms with E-state index >= 15 is 0 Å². The van der Waals surface area contributed by atoms with E-state index < -0.39 is 0 Å². The molecule has 4 rings (SSSR count). The molecule has 0 saturated heterocycles. The quantitative estimate of drug-likeness (QED) is 0.503. The number of allylic oxidation sites excluding steroid dienone is 1. The van der Waals surface area contributed by atoms with Crippen molar-refractivity contribution < 1.29 is 0 Å². The molecule has 24 heavy (non-hydrogen) atoms. The highest BCUT2D eigenvalue weighted by Crippen LogP contribution is 2.50. The molecule has 2 aliphatic carbocycles. The lowest BCUT2D eigenvalue weighted by molar-refractivity contribution is 0.594. The first-order valence-electron chi connectivity index (χ1n) is 9.50. The number of hydrogen-bond acceptors (Lipinski definition) is 0. The van der Waals surface area contributed by atoms with Gasteiger partial charge in [0.2, 0.25) is 0 Å². The molecule has 0 radical (unpaired) electrons. The fraction of sp³-hybridized carbons (Fsp3) is 0.417. The third kappa shape index (κ3) is 2.27. The van der Waals surface area contributed by atoms with Crippen molar-refractivity contribution in [3.63, 3.8) is 0 Å². The van der Waals surface area contributed by atoms with Gasteiger partial charge >= 0.3 is 0 Å². The summed E-state index contributed by atoms with van der Waals surface area (Å²) in [6.07, 6.45) is 9.07. The van der Waals surface area contributed by atoms with Crippen molar-refractivity contribution in [3.05, 3.63) is 74.8 Å². The van der Waals surface area contributed by atoms with Crippen LogP contribution in [-0.2, 0) is 0 Å². The van der Waals surface area contributed by atoms with E-state index in [-0.39, 0.29) is 0 Å². The van der Waals surface area contributed by atoms with Crippen LogP contribution in [0.15, 0.2) is 30.3 Å². The Morgan fingerprint density at radius 3 is 1.79 bits per heavy atom. The molecule has 0 saturated carbocycles. The van der Waals surface area contributed by atoms with E-state index in [1.54, 1.807) is 22.3 Å². The summed E-state index contributed by atoms with van der Waals surface area (Å²) >= 11 is 0. The summed E-state index contributed by atoms with van der Waals surface area (Å²) in [7, 11) is 0. The lowest BCUT2D eigenvalue weighted by atomic mass is 9.68. The van der Waals surface area contributed by atoms with E-state index in [1.165, 1.54) is 59.9 Å². The van der Waals surface area contributed by atoms with Gasteiger partial charge in [0.1, 0.15) is 0 Å². The molecule has 0 amide bonds. The number of benzene rings is 2. The summed E-state index contributed by atoms with van der Waals surface area (Å²) in [6, 6.07) is 9.31. The summed E-state index contributed by atoms with van der Waals surface area (Å²) in [5.74, 6) is 0.574. The van der Waals surface area contributed by atoms with Gasteiger partial charge in [-0.15, -0.1) is 0 Å². The van der Waals surface area contributed by atoms with Gasteiger partial charge in [0.05, 0.1) is 0 Å². The monoisotopic (exact) mass is 316 g/mol. The van der Waals surface area contributed by atoms with Gasteiger partial charge in [-0.05, 0) is 97.0 Å². The van der Waals surface area contributed by atoms with Crippen LogP contribution >= 0.6 is 0 Å². The topological polar surface area (TPSA) is 0 Å². The summed E-state index contributed by atoms with van der Waals surface area (Å²) in [6.45, 7) is 9.21.